The molecule has 64 valence electrons. The van der Waals surface area contributed by atoms with E-state index in [9.17, 15) is 4.79 Å². The van der Waals surface area contributed by atoms with E-state index >= 15 is 0 Å². The Hall–Kier alpha value is -1.03. The van der Waals surface area contributed by atoms with E-state index in [1.807, 2.05) is 13.8 Å². The summed E-state index contributed by atoms with van der Waals surface area (Å²) < 4.78 is 0. The van der Waals surface area contributed by atoms with Crippen LogP contribution in [0.4, 0.5) is 4.79 Å². The van der Waals surface area contributed by atoms with Gasteiger partial charge in [-0.25, -0.2) is 4.79 Å². The Labute approximate surface area is 66.1 Å². The summed E-state index contributed by atoms with van der Waals surface area (Å²) in [5.74, 6) is 0. The maximum absolute atomic E-state index is 10.0. The average Bonchev–Trinajstić information content (AvgIpc) is 1.98. The first-order chi connectivity index (χ1) is 5.07. The number of rotatable bonds is 3. The van der Waals surface area contributed by atoms with Gasteiger partial charge in [0.25, 0.3) is 0 Å². The highest BCUT2D eigenvalue weighted by Gasteiger charge is 1.97. The molecule has 0 aromatic carbocycles. The van der Waals surface area contributed by atoms with Gasteiger partial charge in [0, 0.05) is 13.1 Å². The van der Waals surface area contributed by atoms with E-state index in [1.165, 1.54) is 0 Å². The van der Waals surface area contributed by atoms with Gasteiger partial charge in [0.1, 0.15) is 0 Å². The monoisotopic (exact) mass is 158 g/mol. The quantitative estimate of drug-likeness (QED) is 0.525. The largest absolute Gasteiger partial charge is 0.465 e. The fourth-order valence-electron chi connectivity index (χ4n) is 0.533. The normalized spacial score (nSPS) is 12.3. The third-order valence-electron chi connectivity index (χ3n) is 1.54. The third kappa shape index (κ3) is 4.38. The van der Waals surface area contributed by atoms with E-state index in [-0.39, 0.29) is 0 Å². The molecule has 4 heteroatoms. The van der Waals surface area contributed by atoms with Gasteiger partial charge in [0.05, 0.1) is 0 Å². The molecule has 0 unspecified atom stereocenters. The lowest BCUT2D eigenvalue weighted by Crippen LogP contribution is -2.23. The fraction of sp³-hybridized carbons (Fsp3) is 0.571. The molecule has 0 fully saturated rings. The van der Waals surface area contributed by atoms with E-state index in [0.717, 1.165) is 11.1 Å². The fourth-order valence-corrected chi connectivity index (χ4v) is 0.533. The summed E-state index contributed by atoms with van der Waals surface area (Å²) in [5.41, 5.74) is 7.35. The van der Waals surface area contributed by atoms with Crippen molar-refractivity contribution in [1.82, 2.24) is 5.32 Å². The van der Waals surface area contributed by atoms with Crippen LogP contribution in [0.1, 0.15) is 13.8 Å². The van der Waals surface area contributed by atoms with Crippen LogP contribution >= 0.6 is 0 Å². The van der Waals surface area contributed by atoms with Gasteiger partial charge < -0.3 is 16.2 Å². The summed E-state index contributed by atoms with van der Waals surface area (Å²) in [4.78, 5) is 10.0. The molecule has 0 saturated heterocycles. The van der Waals surface area contributed by atoms with Crippen molar-refractivity contribution in [3.05, 3.63) is 11.1 Å². The van der Waals surface area contributed by atoms with E-state index in [0.29, 0.717) is 13.1 Å². The Morgan fingerprint density at radius 2 is 2.00 bits per heavy atom. The number of hydrogen-bond donors (Lipinski definition) is 3. The number of hydrogen-bond acceptors (Lipinski definition) is 2. The lowest BCUT2D eigenvalue weighted by atomic mass is 10.1. The molecule has 0 aromatic rings. The lowest BCUT2D eigenvalue weighted by molar-refractivity contribution is 0.195. The number of carboxylic acid groups (broad SMARTS) is 1. The predicted molar refractivity (Wildman–Crippen MR) is 43.5 cm³/mol. The van der Waals surface area contributed by atoms with Gasteiger partial charge in [-0.1, -0.05) is 11.1 Å². The maximum Gasteiger partial charge on any atom is 0.404 e. The molecule has 0 spiro atoms. The van der Waals surface area contributed by atoms with Crippen LogP contribution in [0.5, 0.6) is 0 Å². The van der Waals surface area contributed by atoms with Crippen LogP contribution in [-0.2, 0) is 0 Å². The second-order valence-corrected chi connectivity index (χ2v) is 2.42. The van der Waals surface area contributed by atoms with Gasteiger partial charge in [0.2, 0.25) is 0 Å². The standard InChI is InChI=1S/C7H14N2O2/c1-5(3-8)6(2)4-9-7(10)11/h9H,3-4,8H2,1-2H3,(H,10,11)/b6-5+. The summed E-state index contributed by atoms with van der Waals surface area (Å²) >= 11 is 0. The van der Waals surface area contributed by atoms with Crippen molar-refractivity contribution in [2.75, 3.05) is 13.1 Å². The highest BCUT2D eigenvalue weighted by Crippen LogP contribution is 1.98. The van der Waals surface area contributed by atoms with Crippen LogP contribution in [-0.4, -0.2) is 24.3 Å². The summed E-state index contributed by atoms with van der Waals surface area (Å²) in [6.07, 6.45) is -1.01. The molecule has 0 aliphatic carbocycles. The summed E-state index contributed by atoms with van der Waals surface area (Å²) in [5, 5.41) is 10.5. The topological polar surface area (TPSA) is 75.3 Å². The molecule has 0 atom stereocenters. The van der Waals surface area contributed by atoms with Gasteiger partial charge in [0.15, 0.2) is 0 Å². The number of nitrogens with two attached hydrogens (primary N) is 1. The maximum atomic E-state index is 10.0. The molecular weight excluding hydrogens is 144 g/mol. The van der Waals surface area contributed by atoms with Crippen molar-refractivity contribution in [3.8, 4) is 0 Å². The highest BCUT2D eigenvalue weighted by atomic mass is 16.4. The van der Waals surface area contributed by atoms with Crippen molar-refractivity contribution in [1.29, 1.82) is 0 Å². The minimum atomic E-state index is -1.01. The molecule has 0 radical (unpaired) electrons. The Balaban J connectivity index is 3.85. The molecule has 0 rings (SSSR count). The van der Waals surface area contributed by atoms with Crippen molar-refractivity contribution < 1.29 is 9.90 Å². The molecule has 0 bridgehead atoms. The average molecular weight is 158 g/mol. The van der Waals surface area contributed by atoms with Gasteiger partial charge >= 0.3 is 6.09 Å². The van der Waals surface area contributed by atoms with Crippen LogP contribution in [0.2, 0.25) is 0 Å². The lowest BCUT2D eigenvalue weighted by Gasteiger charge is -2.04. The Bertz CT molecular complexity index is 175. The van der Waals surface area contributed by atoms with E-state index in [1.54, 1.807) is 0 Å². The van der Waals surface area contributed by atoms with Crippen molar-refractivity contribution in [2.45, 2.75) is 13.8 Å². The molecule has 4 nitrogen and oxygen atoms in total. The summed E-state index contributed by atoms with van der Waals surface area (Å²) in [6, 6.07) is 0. The van der Waals surface area contributed by atoms with Crippen LogP contribution in [0.15, 0.2) is 11.1 Å². The van der Waals surface area contributed by atoms with Gasteiger partial charge in [-0.3, -0.25) is 0 Å². The van der Waals surface area contributed by atoms with Crippen molar-refractivity contribution in [3.63, 3.8) is 0 Å². The van der Waals surface area contributed by atoms with E-state index in [2.05, 4.69) is 5.32 Å². The second-order valence-electron chi connectivity index (χ2n) is 2.42. The van der Waals surface area contributed by atoms with Crippen LogP contribution in [0.3, 0.4) is 0 Å². The molecule has 0 aromatic heterocycles. The molecule has 0 heterocycles. The highest BCUT2D eigenvalue weighted by molar-refractivity contribution is 5.64. The molecule has 11 heavy (non-hydrogen) atoms. The predicted octanol–water partition coefficient (Wildman–Crippen LogP) is 0.549. The van der Waals surface area contributed by atoms with Crippen LogP contribution in [0.25, 0.3) is 0 Å². The minimum absolute atomic E-state index is 0.359. The van der Waals surface area contributed by atoms with Crippen molar-refractivity contribution >= 4 is 6.09 Å². The van der Waals surface area contributed by atoms with E-state index in [4.69, 9.17) is 10.8 Å². The first-order valence-electron chi connectivity index (χ1n) is 3.40. The first kappa shape index (κ1) is 9.97. The van der Waals surface area contributed by atoms with Crippen LogP contribution < -0.4 is 11.1 Å². The van der Waals surface area contributed by atoms with Gasteiger partial charge in [-0.15, -0.1) is 0 Å². The summed E-state index contributed by atoms with van der Waals surface area (Å²) in [6.45, 7) is 4.59. The summed E-state index contributed by atoms with van der Waals surface area (Å²) in [7, 11) is 0. The molecular formula is C7H14N2O2. The van der Waals surface area contributed by atoms with E-state index < -0.39 is 6.09 Å². The van der Waals surface area contributed by atoms with Crippen LogP contribution in [0, 0.1) is 0 Å². The molecule has 4 N–H and O–H groups in total. The third-order valence-corrected chi connectivity index (χ3v) is 1.54. The molecule has 0 saturated carbocycles. The first-order valence-corrected chi connectivity index (χ1v) is 3.40. The van der Waals surface area contributed by atoms with Crippen molar-refractivity contribution in [2.24, 2.45) is 5.73 Å². The molecule has 0 aliphatic heterocycles. The molecule has 0 aliphatic rings. The Morgan fingerprint density at radius 3 is 2.36 bits per heavy atom. The Morgan fingerprint density at radius 1 is 1.45 bits per heavy atom. The number of nitrogens with one attached hydrogen (secondary N) is 1. The zero-order chi connectivity index (χ0) is 8.85. The molecule has 1 amide bonds. The zero-order valence-electron chi connectivity index (χ0n) is 6.85. The second kappa shape index (κ2) is 4.73. The minimum Gasteiger partial charge on any atom is -0.465 e. The number of amides is 1. The van der Waals surface area contributed by atoms with Gasteiger partial charge in [-0.2, -0.15) is 0 Å². The Kier molecular flexibility index (Phi) is 4.29. The van der Waals surface area contributed by atoms with Gasteiger partial charge in [-0.05, 0) is 13.8 Å². The number of carbonyl (C=O) groups is 1. The smallest absolute Gasteiger partial charge is 0.404 e. The SMILES string of the molecule is C/C(CN)=C(/C)CNC(=O)O. The zero-order valence-corrected chi connectivity index (χ0v) is 6.85.